The maximum absolute atomic E-state index is 6.33. The van der Waals surface area contributed by atoms with Gasteiger partial charge in [-0.05, 0) is 24.1 Å². The standard InChI is InChI=1S/C15H20ClN3O/c1-4-13-15(16)14(19(2)18-13)9-17-12-7-5-6-11(8-12)10-20-3/h5-8,17H,4,9-10H2,1-3H3. The summed E-state index contributed by atoms with van der Waals surface area (Å²) < 4.78 is 6.98. The van der Waals surface area contributed by atoms with Crippen molar-refractivity contribution in [3.63, 3.8) is 0 Å². The Morgan fingerprint density at radius 1 is 1.40 bits per heavy atom. The van der Waals surface area contributed by atoms with Crippen LogP contribution in [0.4, 0.5) is 5.69 Å². The Bertz CT molecular complexity index is 580. The second-order valence-electron chi connectivity index (χ2n) is 4.67. The Morgan fingerprint density at radius 3 is 2.85 bits per heavy atom. The van der Waals surface area contributed by atoms with Crippen molar-refractivity contribution in [1.82, 2.24) is 9.78 Å². The second-order valence-corrected chi connectivity index (χ2v) is 5.05. The lowest BCUT2D eigenvalue weighted by Gasteiger charge is -2.09. The molecule has 0 saturated carbocycles. The Morgan fingerprint density at radius 2 is 2.20 bits per heavy atom. The van der Waals surface area contributed by atoms with Crippen LogP contribution in [0.15, 0.2) is 24.3 Å². The molecule has 1 aromatic carbocycles. The van der Waals surface area contributed by atoms with Crippen molar-refractivity contribution in [3.05, 3.63) is 46.2 Å². The molecule has 0 unspecified atom stereocenters. The molecule has 0 saturated heterocycles. The van der Waals surface area contributed by atoms with Crippen LogP contribution in [0.2, 0.25) is 5.02 Å². The first-order chi connectivity index (χ1) is 9.65. The van der Waals surface area contributed by atoms with Crippen molar-refractivity contribution >= 4 is 17.3 Å². The van der Waals surface area contributed by atoms with Crippen LogP contribution >= 0.6 is 11.6 Å². The van der Waals surface area contributed by atoms with Crippen LogP contribution in [0.3, 0.4) is 0 Å². The van der Waals surface area contributed by atoms with Gasteiger partial charge in [0.15, 0.2) is 0 Å². The van der Waals surface area contributed by atoms with Crippen LogP contribution in [-0.4, -0.2) is 16.9 Å². The van der Waals surface area contributed by atoms with Gasteiger partial charge in [-0.15, -0.1) is 0 Å². The predicted octanol–water partition coefficient (Wildman–Crippen LogP) is 3.39. The van der Waals surface area contributed by atoms with Crippen molar-refractivity contribution in [3.8, 4) is 0 Å². The summed E-state index contributed by atoms with van der Waals surface area (Å²) in [5, 5.41) is 8.55. The highest BCUT2D eigenvalue weighted by Gasteiger charge is 2.12. The monoisotopic (exact) mass is 293 g/mol. The number of methoxy groups -OCH3 is 1. The van der Waals surface area contributed by atoms with Crippen LogP contribution in [0.25, 0.3) is 0 Å². The van der Waals surface area contributed by atoms with E-state index >= 15 is 0 Å². The Balaban J connectivity index is 2.09. The highest BCUT2D eigenvalue weighted by Crippen LogP contribution is 2.22. The molecule has 20 heavy (non-hydrogen) atoms. The summed E-state index contributed by atoms with van der Waals surface area (Å²) in [5.74, 6) is 0. The van der Waals surface area contributed by atoms with Crippen LogP contribution < -0.4 is 5.32 Å². The number of hydrogen-bond donors (Lipinski definition) is 1. The third-order valence-electron chi connectivity index (χ3n) is 3.20. The highest BCUT2D eigenvalue weighted by atomic mass is 35.5. The van der Waals surface area contributed by atoms with Crippen LogP contribution in [0.1, 0.15) is 23.9 Å². The molecule has 0 amide bonds. The number of anilines is 1. The van der Waals surface area contributed by atoms with E-state index in [1.54, 1.807) is 7.11 Å². The molecule has 1 aromatic heterocycles. The lowest BCUT2D eigenvalue weighted by Crippen LogP contribution is -2.06. The number of benzene rings is 1. The molecular weight excluding hydrogens is 274 g/mol. The molecule has 0 aliphatic heterocycles. The number of aryl methyl sites for hydroxylation is 2. The van der Waals surface area contributed by atoms with Gasteiger partial charge in [0.25, 0.3) is 0 Å². The van der Waals surface area contributed by atoms with E-state index in [1.165, 1.54) is 0 Å². The quantitative estimate of drug-likeness (QED) is 0.887. The van der Waals surface area contributed by atoms with Gasteiger partial charge >= 0.3 is 0 Å². The minimum Gasteiger partial charge on any atom is -0.380 e. The van der Waals surface area contributed by atoms with E-state index < -0.39 is 0 Å². The molecular formula is C15H20ClN3O. The average molecular weight is 294 g/mol. The number of hydrogen-bond acceptors (Lipinski definition) is 3. The van der Waals surface area contributed by atoms with Gasteiger partial charge in [0.1, 0.15) is 0 Å². The van der Waals surface area contributed by atoms with E-state index in [1.807, 2.05) is 29.9 Å². The zero-order valence-corrected chi connectivity index (χ0v) is 12.9. The minimum absolute atomic E-state index is 0.613. The molecule has 0 spiro atoms. The fourth-order valence-electron chi connectivity index (χ4n) is 2.14. The number of aromatic nitrogens is 2. The fourth-order valence-corrected chi connectivity index (χ4v) is 2.50. The van der Waals surface area contributed by atoms with Gasteiger partial charge < -0.3 is 10.1 Å². The molecule has 4 nitrogen and oxygen atoms in total. The summed E-state index contributed by atoms with van der Waals surface area (Å²) in [4.78, 5) is 0. The molecule has 1 heterocycles. The number of nitrogens with zero attached hydrogens (tertiary/aromatic N) is 2. The van der Waals surface area contributed by atoms with Gasteiger partial charge in [0.05, 0.1) is 29.6 Å². The van der Waals surface area contributed by atoms with Crippen molar-refractivity contribution in [2.24, 2.45) is 7.05 Å². The molecule has 0 aliphatic rings. The number of ether oxygens (including phenoxy) is 1. The Hall–Kier alpha value is -1.52. The molecule has 1 N–H and O–H groups in total. The van der Waals surface area contributed by atoms with E-state index in [0.717, 1.165) is 34.1 Å². The van der Waals surface area contributed by atoms with Crippen molar-refractivity contribution in [1.29, 1.82) is 0 Å². The van der Waals surface area contributed by atoms with Crippen molar-refractivity contribution in [2.75, 3.05) is 12.4 Å². The van der Waals surface area contributed by atoms with E-state index in [0.29, 0.717) is 13.2 Å². The molecule has 0 aliphatic carbocycles. The molecule has 108 valence electrons. The van der Waals surface area contributed by atoms with Gasteiger partial charge in [-0.1, -0.05) is 30.7 Å². The van der Waals surface area contributed by atoms with E-state index in [2.05, 4.69) is 23.4 Å². The normalized spacial score (nSPS) is 10.8. The topological polar surface area (TPSA) is 39.1 Å². The largest absolute Gasteiger partial charge is 0.380 e. The van der Waals surface area contributed by atoms with Gasteiger partial charge in [-0.3, -0.25) is 4.68 Å². The van der Waals surface area contributed by atoms with E-state index in [9.17, 15) is 0 Å². The summed E-state index contributed by atoms with van der Waals surface area (Å²) in [5.41, 5.74) is 4.14. The molecule has 0 bridgehead atoms. The summed E-state index contributed by atoms with van der Waals surface area (Å²) in [6.45, 7) is 3.32. The highest BCUT2D eigenvalue weighted by molar-refractivity contribution is 6.31. The first-order valence-electron chi connectivity index (χ1n) is 6.67. The van der Waals surface area contributed by atoms with Crippen LogP contribution in [-0.2, 0) is 31.4 Å². The third-order valence-corrected chi connectivity index (χ3v) is 3.64. The molecule has 5 heteroatoms. The second kappa shape index (κ2) is 6.77. The number of rotatable bonds is 6. The maximum Gasteiger partial charge on any atom is 0.0868 e. The number of halogens is 1. The smallest absolute Gasteiger partial charge is 0.0868 e. The lowest BCUT2D eigenvalue weighted by atomic mass is 10.2. The third kappa shape index (κ3) is 3.32. The molecule has 2 rings (SSSR count). The van der Waals surface area contributed by atoms with Gasteiger partial charge in [-0.25, -0.2) is 0 Å². The van der Waals surface area contributed by atoms with Crippen molar-refractivity contribution in [2.45, 2.75) is 26.5 Å². The predicted molar refractivity (Wildman–Crippen MR) is 82.1 cm³/mol. The maximum atomic E-state index is 6.33. The molecule has 0 atom stereocenters. The van der Waals surface area contributed by atoms with Crippen molar-refractivity contribution < 1.29 is 4.74 Å². The zero-order valence-electron chi connectivity index (χ0n) is 12.1. The molecule has 0 radical (unpaired) electrons. The minimum atomic E-state index is 0.613. The van der Waals surface area contributed by atoms with Gasteiger partial charge in [0, 0.05) is 19.8 Å². The Labute approximate surface area is 124 Å². The van der Waals surface area contributed by atoms with E-state index in [-0.39, 0.29) is 0 Å². The summed E-state index contributed by atoms with van der Waals surface area (Å²) in [6, 6.07) is 8.17. The van der Waals surface area contributed by atoms with Crippen LogP contribution in [0, 0.1) is 0 Å². The Kier molecular flexibility index (Phi) is 5.04. The SMILES string of the molecule is CCc1nn(C)c(CNc2cccc(COC)c2)c1Cl. The summed E-state index contributed by atoms with van der Waals surface area (Å²) in [6.07, 6.45) is 0.843. The molecule has 0 fully saturated rings. The molecule has 2 aromatic rings. The summed E-state index contributed by atoms with van der Waals surface area (Å²) >= 11 is 6.33. The van der Waals surface area contributed by atoms with Crippen LogP contribution in [0.5, 0.6) is 0 Å². The van der Waals surface area contributed by atoms with E-state index in [4.69, 9.17) is 16.3 Å². The summed E-state index contributed by atoms with van der Waals surface area (Å²) in [7, 11) is 3.62. The fraction of sp³-hybridized carbons (Fsp3) is 0.400. The first-order valence-corrected chi connectivity index (χ1v) is 7.05. The van der Waals surface area contributed by atoms with Gasteiger partial charge in [-0.2, -0.15) is 5.10 Å². The lowest BCUT2D eigenvalue weighted by molar-refractivity contribution is 0.185. The zero-order chi connectivity index (χ0) is 14.5. The average Bonchev–Trinajstić information content (AvgIpc) is 2.72. The number of nitrogens with one attached hydrogen (secondary N) is 1. The van der Waals surface area contributed by atoms with Gasteiger partial charge in [0.2, 0.25) is 0 Å². The first kappa shape index (κ1) is 14.9.